The number of methoxy groups -OCH3 is 1. The van der Waals surface area contributed by atoms with E-state index in [0.29, 0.717) is 11.7 Å². The monoisotopic (exact) mass is 388 g/mol. The fourth-order valence-corrected chi connectivity index (χ4v) is 3.30. The van der Waals surface area contributed by atoms with E-state index >= 15 is 0 Å². The predicted octanol–water partition coefficient (Wildman–Crippen LogP) is 5.40. The van der Waals surface area contributed by atoms with Gasteiger partial charge in [-0.15, -0.1) is 5.10 Å². The second-order valence-corrected chi connectivity index (χ2v) is 7.71. The molecule has 0 bridgehead atoms. The van der Waals surface area contributed by atoms with Gasteiger partial charge in [-0.25, -0.2) is 0 Å². The highest BCUT2D eigenvalue weighted by molar-refractivity contribution is 5.64. The van der Waals surface area contributed by atoms with Crippen molar-refractivity contribution in [1.82, 2.24) is 15.2 Å². The lowest BCUT2D eigenvalue weighted by molar-refractivity contribution is 0.399. The van der Waals surface area contributed by atoms with Gasteiger partial charge in [-0.3, -0.25) is 4.98 Å². The van der Waals surface area contributed by atoms with Crippen LogP contribution in [0.2, 0.25) is 0 Å². The van der Waals surface area contributed by atoms with Crippen molar-refractivity contribution in [3.05, 3.63) is 78.4 Å². The molecule has 0 aliphatic rings. The number of aryl methyl sites for hydroxylation is 1. The van der Waals surface area contributed by atoms with Crippen molar-refractivity contribution in [2.45, 2.75) is 33.1 Å². The van der Waals surface area contributed by atoms with E-state index < -0.39 is 0 Å². The zero-order valence-electron chi connectivity index (χ0n) is 17.7. The zero-order valence-corrected chi connectivity index (χ0v) is 17.7. The van der Waals surface area contributed by atoms with Crippen LogP contribution in [0.5, 0.6) is 5.75 Å². The minimum Gasteiger partial charge on any atom is -0.495 e. The lowest BCUT2D eigenvalue weighted by atomic mass is 9.71. The Balaban J connectivity index is 1.89. The SMILES string of the molecule is C=C(Nc1ccc(C)nn1)C(C)(c1ccc(-c2cncc(OC)c2)cc1)C(C)C. The molecule has 0 amide bonds. The van der Waals surface area contributed by atoms with Gasteiger partial charge in [-0.2, -0.15) is 5.10 Å². The molecule has 0 saturated heterocycles. The molecule has 150 valence electrons. The van der Waals surface area contributed by atoms with Gasteiger partial charge in [-0.05, 0) is 49.1 Å². The number of anilines is 1. The molecular weight excluding hydrogens is 360 g/mol. The lowest BCUT2D eigenvalue weighted by Gasteiger charge is -2.37. The van der Waals surface area contributed by atoms with Gasteiger partial charge in [0.25, 0.3) is 0 Å². The third kappa shape index (κ3) is 4.29. The highest BCUT2D eigenvalue weighted by atomic mass is 16.5. The molecule has 29 heavy (non-hydrogen) atoms. The van der Waals surface area contributed by atoms with Crippen molar-refractivity contribution < 1.29 is 4.74 Å². The number of hydrogen-bond donors (Lipinski definition) is 1. The third-order valence-corrected chi connectivity index (χ3v) is 5.63. The summed E-state index contributed by atoms with van der Waals surface area (Å²) in [4.78, 5) is 4.25. The van der Waals surface area contributed by atoms with E-state index in [0.717, 1.165) is 28.3 Å². The molecular formula is C24H28N4O. The fourth-order valence-electron chi connectivity index (χ4n) is 3.30. The van der Waals surface area contributed by atoms with Crippen LogP contribution >= 0.6 is 0 Å². The van der Waals surface area contributed by atoms with E-state index in [9.17, 15) is 0 Å². The van der Waals surface area contributed by atoms with Crippen LogP contribution in [0.15, 0.2) is 67.1 Å². The third-order valence-electron chi connectivity index (χ3n) is 5.63. The van der Waals surface area contributed by atoms with Crippen LogP contribution in [0.1, 0.15) is 32.0 Å². The maximum Gasteiger partial charge on any atom is 0.152 e. The summed E-state index contributed by atoms with van der Waals surface area (Å²) < 4.78 is 5.29. The molecule has 1 unspecified atom stereocenters. The molecule has 3 rings (SSSR count). The topological polar surface area (TPSA) is 59.9 Å². The molecule has 0 fully saturated rings. The molecule has 2 heterocycles. The van der Waals surface area contributed by atoms with E-state index in [-0.39, 0.29) is 5.41 Å². The Labute approximate surface area is 172 Å². The quantitative estimate of drug-likeness (QED) is 0.587. The highest BCUT2D eigenvalue weighted by Gasteiger charge is 2.34. The standard InChI is InChI=1S/C24H28N4O/c1-16(2)24(5,18(4)26-23-12-7-17(3)27-28-23)21-10-8-19(9-11-21)20-13-22(29-6)15-25-14-20/h7-16H,4H2,1-3,5-6H3,(H,26,28). The van der Waals surface area contributed by atoms with E-state index in [2.05, 4.69) is 72.1 Å². The Morgan fingerprint density at radius 3 is 2.34 bits per heavy atom. The van der Waals surface area contributed by atoms with Crippen LogP contribution in [0.4, 0.5) is 5.82 Å². The largest absolute Gasteiger partial charge is 0.495 e. The molecule has 0 radical (unpaired) electrons. The highest BCUT2D eigenvalue weighted by Crippen LogP contribution is 2.39. The van der Waals surface area contributed by atoms with Crippen LogP contribution < -0.4 is 10.1 Å². The summed E-state index contributed by atoms with van der Waals surface area (Å²) in [7, 11) is 1.65. The maximum atomic E-state index is 5.29. The molecule has 0 aliphatic carbocycles. The van der Waals surface area contributed by atoms with Crippen molar-refractivity contribution in [1.29, 1.82) is 0 Å². The van der Waals surface area contributed by atoms with E-state index in [1.807, 2.05) is 31.3 Å². The van der Waals surface area contributed by atoms with Gasteiger partial charge in [0.1, 0.15) is 5.75 Å². The Morgan fingerprint density at radius 2 is 1.76 bits per heavy atom. The molecule has 5 heteroatoms. The van der Waals surface area contributed by atoms with Crippen molar-refractivity contribution in [2.24, 2.45) is 5.92 Å². The lowest BCUT2D eigenvalue weighted by Crippen LogP contribution is -2.34. The van der Waals surface area contributed by atoms with Gasteiger partial charge >= 0.3 is 0 Å². The summed E-state index contributed by atoms with van der Waals surface area (Å²) in [5.74, 6) is 1.77. The van der Waals surface area contributed by atoms with Crippen LogP contribution in [-0.4, -0.2) is 22.3 Å². The first-order valence-corrected chi connectivity index (χ1v) is 9.71. The average molecular weight is 389 g/mol. The zero-order chi connectivity index (χ0) is 21.0. The molecule has 0 aliphatic heterocycles. The van der Waals surface area contributed by atoms with Gasteiger partial charge in [0.2, 0.25) is 0 Å². The smallest absolute Gasteiger partial charge is 0.152 e. The molecule has 0 spiro atoms. The number of rotatable bonds is 7. The normalized spacial score (nSPS) is 13.0. The average Bonchev–Trinajstić information content (AvgIpc) is 2.74. The molecule has 1 N–H and O–H groups in total. The Morgan fingerprint density at radius 1 is 1.03 bits per heavy atom. The van der Waals surface area contributed by atoms with Crippen LogP contribution in [0.3, 0.4) is 0 Å². The number of allylic oxidation sites excluding steroid dienone is 1. The van der Waals surface area contributed by atoms with E-state index in [1.165, 1.54) is 5.56 Å². The number of benzene rings is 1. The second-order valence-electron chi connectivity index (χ2n) is 7.71. The van der Waals surface area contributed by atoms with Gasteiger partial charge < -0.3 is 10.1 Å². The summed E-state index contributed by atoms with van der Waals surface area (Å²) in [6, 6.07) is 14.4. The summed E-state index contributed by atoms with van der Waals surface area (Å²) in [6.45, 7) is 12.9. The van der Waals surface area contributed by atoms with E-state index in [4.69, 9.17) is 4.74 Å². The first-order chi connectivity index (χ1) is 13.8. The molecule has 1 aromatic carbocycles. The summed E-state index contributed by atoms with van der Waals surface area (Å²) in [5, 5.41) is 11.7. The van der Waals surface area contributed by atoms with Crippen LogP contribution in [0, 0.1) is 12.8 Å². The number of hydrogen-bond acceptors (Lipinski definition) is 5. The first kappa shape index (κ1) is 20.5. The Kier molecular flexibility index (Phi) is 5.97. The predicted molar refractivity (Wildman–Crippen MR) is 118 cm³/mol. The fraction of sp³-hybridized carbons (Fsp3) is 0.292. The summed E-state index contributed by atoms with van der Waals surface area (Å²) >= 11 is 0. The first-order valence-electron chi connectivity index (χ1n) is 9.71. The number of nitrogens with zero attached hydrogens (tertiary/aromatic N) is 3. The molecule has 3 aromatic rings. The van der Waals surface area contributed by atoms with Crippen molar-refractivity contribution in [3.63, 3.8) is 0 Å². The molecule has 0 saturated carbocycles. The van der Waals surface area contributed by atoms with Gasteiger partial charge in [0, 0.05) is 22.9 Å². The molecule has 1 atom stereocenters. The van der Waals surface area contributed by atoms with Gasteiger partial charge in [0.05, 0.1) is 19.0 Å². The van der Waals surface area contributed by atoms with E-state index in [1.54, 1.807) is 13.3 Å². The minimum atomic E-state index is -0.280. The van der Waals surface area contributed by atoms with Gasteiger partial charge in [0.15, 0.2) is 5.82 Å². The van der Waals surface area contributed by atoms with Crippen LogP contribution in [0.25, 0.3) is 11.1 Å². The number of pyridine rings is 1. The maximum absolute atomic E-state index is 5.29. The van der Waals surface area contributed by atoms with Crippen molar-refractivity contribution in [2.75, 3.05) is 12.4 Å². The minimum absolute atomic E-state index is 0.280. The van der Waals surface area contributed by atoms with Crippen molar-refractivity contribution in [3.8, 4) is 16.9 Å². The summed E-state index contributed by atoms with van der Waals surface area (Å²) in [6.07, 6.45) is 3.55. The van der Waals surface area contributed by atoms with Crippen LogP contribution in [-0.2, 0) is 5.41 Å². The number of aromatic nitrogens is 3. The second kappa shape index (κ2) is 8.43. The number of nitrogens with one attached hydrogen (secondary N) is 1. The van der Waals surface area contributed by atoms with Crippen molar-refractivity contribution >= 4 is 5.82 Å². The summed E-state index contributed by atoms with van der Waals surface area (Å²) in [5.41, 5.74) is 4.79. The van der Waals surface area contributed by atoms with Gasteiger partial charge in [-0.1, -0.05) is 44.7 Å². The number of ether oxygens (including phenoxy) is 1. The Bertz CT molecular complexity index is 981. The molecule has 2 aromatic heterocycles. The molecule has 5 nitrogen and oxygen atoms in total. The Hall–Kier alpha value is -3.21.